The van der Waals surface area contributed by atoms with E-state index in [1.165, 1.54) is 38.5 Å². The molecule has 0 saturated heterocycles. The molecular formula is C25H40O4. The second-order valence-corrected chi connectivity index (χ2v) is 7.86. The molecule has 0 heterocycles. The summed E-state index contributed by atoms with van der Waals surface area (Å²) in [7, 11) is 0. The fourth-order valence-electron chi connectivity index (χ4n) is 3.71. The predicted molar refractivity (Wildman–Crippen MR) is 119 cm³/mol. The number of unbranched alkanes of at least 4 members (excludes halogenated alkanes) is 9. The van der Waals surface area contributed by atoms with Crippen molar-refractivity contribution >= 4 is 11.9 Å². The molecule has 1 rings (SSSR count). The second-order valence-electron chi connectivity index (χ2n) is 7.86. The molecule has 0 spiro atoms. The zero-order chi connectivity index (χ0) is 21.5. The minimum absolute atomic E-state index is 0.147. The number of carboxylic acids is 1. The van der Waals surface area contributed by atoms with Gasteiger partial charge in [0.25, 0.3) is 0 Å². The standard InChI is InChI=1S/C25H40O4/c1-4-7-9-11-12-14-16-21-18-17-20(6-3)23(22(21)24(26)27)25(28)29-19-15-13-10-8-5-2/h17-18H,4-16,19H2,1-3H3,(H,26,27). The van der Waals surface area contributed by atoms with Gasteiger partial charge in [-0.05, 0) is 36.8 Å². The molecule has 0 amide bonds. The molecule has 0 saturated carbocycles. The highest BCUT2D eigenvalue weighted by atomic mass is 16.5. The number of hydrogen-bond acceptors (Lipinski definition) is 3. The normalized spacial score (nSPS) is 10.9. The van der Waals surface area contributed by atoms with Crippen LogP contribution in [0.4, 0.5) is 0 Å². The van der Waals surface area contributed by atoms with Gasteiger partial charge in [-0.2, -0.15) is 0 Å². The molecule has 0 aliphatic carbocycles. The number of carbonyl (C=O) groups excluding carboxylic acids is 1. The van der Waals surface area contributed by atoms with Gasteiger partial charge in [0.2, 0.25) is 0 Å². The fourth-order valence-corrected chi connectivity index (χ4v) is 3.71. The van der Waals surface area contributed by atoms with Gasteiger partial charge in [-0.15, -0.1) is 0 Å². The average molecular weight is 405 g/mol. The predicted octanol–water partition coefficient (Wildman–Crippen LogP) is 6.98. The molecule has 4 nitrogen and oxygen atoms in total. The Bertz CT molecular complexity index is 621. The third-order valence-electron chi connectivity index (χ3n) is 5.46. The first kappa shape index (κ1) is 25.2. The first-order valence-corrected chi connectivity index (χ1v) is 11.6. The van der Waals surface area contributed by atoms with Crippen LogP contribution in [0.15, 0.2) is 12.1 Å². The van der Waals surface area contributed by atoms with Gasteiger partial charge in [0.15, 0.2) is 0 Å². The van der Waals surface area contributed by atoms with Crippen LogP contribution in [-0.4, -0.2) is 23.7 Å². The van der Waals surface area contributed by atoms with E-state index in [0.29, 0.717) is 19.4 Å². The summed E-state index contributed by atoms with van der Waals surface area (Å²) in [4.78, 5) is 24.8. The number of hydrogen-bond donors (Lipinski definition) is 1. The summed E-state index contributed by atoms with van der Waals surface area (Å²) in [5, 5.41) is 9.85. The van der Waals surface area contributed by atoms with Gasteiger partial charge in [-0.1, -0.05) is 90.7 Å². The summed E-state index contributed by atoms with van der Waals surface area (Å²) in [6, 6.07) is 3.78. The molecule has 0 aromatic heterocycles. The van der Waals surface area contributed by atoms with Crippen molar-refractivity contribution in [2.75, 3.05) is 6.61 Å². The number of esters is 1. The third kappa shape index (κ3) is 9.01. The average Bonchev–Trinajstić information content (AvgIpc) is 2.72. The Morgan fingerprint density at radius 2 is 1.31 bits per heavy atom. The van der Waals surface area contributed by atoms with Crippen LogP contribution in [0.1, 0.15) is 123 Å². The lowest BCUT2D eigenvalue weighted by Gasteiger charge is -2.15. The largest absolute Gasteiger partial charge is 0.478 e. The molecule has 0 unspecified atom stereocenters. The van der Waals surface area contributed by atoms with Crippen molar-refractivity contribution in [3.8, 4) is 0 Å². The first-order valence-electron chi connectivity index (χ1n) is 11.6. The second kappa shape index (κ2) is 15.1. The van der Waals surface area contributed by atoms with Crippen molar-refractivity contribution in [3.05, 3.63) is 34.4 Å². The molecular weight excluding hydrogens is 364 g/mol. The molecule has 29 heavy (non-hydrogen) atoms. The molecule has 0 aliphatic rings. The Morgan fingerprint density at radius 1 is 0.759 bits per heavy atom. The van der Waals surface area contributed by atoms with Gasteiger partial charge < -0.3 is 9.84 Å². The molecule has 1 aromatic rings. The van der Waals surface area contributed by atoms with Crippen LogP contribution in [0.3, 0.4) is 0 Å². The zero-order valence-electron chi connectivity index (χ0n) is 18.7. The van der Waals surface area contributed by atoms with E-state index in [2.05, 4.69) is 13.8 Å². The Kier molecular flexibility index (Phi) is 13.1. The Hall–Kier alpha value is -1.84. The maximum Gasteiger partial charge on any atom is 0.339 e. The Morgan fingerprint density at radius 3 is 1.90 bits per heavy atom. The number of rotatable bonds is 16. The van der Waals surface area contributed by atoms with Crippen LogP contribution in [0.25, 0.3) is 0 Å². The smallest absolute Gasteiger partial charge is 0.339 e. The van der Waals surface area contributed by atoms with Crippen molar-refractivity contribution in [1.29, 1.82) is 0 Å². The number of aromatic carboxylic acids is 1. The summed E-state index contributed by atoms with van der Waals surface area (Å²) in [5.41, 5.74) is 1.91. The number of aryl methyl sites for hydroxylation is 2. The molecule has 0 fully saturated rings. The molecule has 164 valence electrons. The number of ether oxygens (including phenoxy) is 1. The van der Waals surface area contributed by atoms with E-state index in [9.17, 15) is 14.7 Å². The van der Waals surface area contributed by atoms with E-state index >= 15 is 0 Å². The lowest BCUT2D eigenvalue weighted by molar-refractivity contribution is 0.0485. The van der Waals surface area contributed by atoms with Crippen molar-refractivity contribution in [2.45, 2.75) is 104 Å². The van der Waals surface area contributed by atoms with E-state index in [-0.39, 0.29) is 11.1 Å². The van der Waals surface area contributed by atoms with E-state index in [1.54, 1.807) is 0 Å². The molecule has 4 heteroatoms. The summed E-state index contributed by atoms with van der Waals surface area (Å²) in [5.74, 6) is -1.52. The zero-order valence-corrected chi connectivity index (χ0v) is 18.7. The van der Waals surface area contributed by atoms with Gasteiger partial charge in [0.05, 0.1) is 17.7 Å². The monoisotopic (exact) mass is 404 g/mol. The van der Waals surface area contributed by atoms with Crippen LogP contribution in [0.5, 0.6) is 0 Å². The summed E-state index contributed by atoms with van der Waals surface area (Å²) >= 11 is 0. The van der Waals surface area contributed by atoms with Crippen molar-refractivity contribution < 1.29 is 19.4 Å². The van der Waals surface area contributed by atoms with Gasteiger partial charge in [-0.3, -0.25) is 0 Å². The minimum Gasteiger partial charge on any atom is -0.478 e. The maximum absolute atomic E-state index is 12.8. The summed E-state index contributed by atoms with van der Waals surface area (Å²) in [6.07, 6.45) is 13.6. The van der Waals surface area contributed by atoms with Crippen LogP contribution in [0.2, 0.25) is 0 Å². The lowest BCUT2D eigenvalue weighted by Crippen LogP contribution is -2.17. The van der Waals surface area contributed by atoms with Crippen LogP contribution in [0, 0.1) is 0 Å². The number of carboxylic acid groups (broad SMARTS) is 1. The first-order chi connectivity index (χ1) is 14.1. The van der Waals surface area contributed by atoms with E-state index in [1.807, 2.05) is 19.1 Å². The topological polar surface area (TPSA) is 63.6 Å². The van der Waals surface area contributed by atoms with Crippen LogP contribution >= 0.6 is 0 Å². The molecule has 0 bridgehead atoms. The SMILES string of the molecule is CCCCCCCCc1ccc(CC)c(C(=O)OCCCCCCC)c1C(=O)O. The fraction of sp³-hybridized carbons (Fsp3) is 0.680. The molecule has 1 N–H and O–H groups in total. The molecule has 0 aliphatic heterocycles. The highest BCUT2D eigenvalue weighted by molar-refractivity contribution is 6.04. The molecule has 0 atom stereocenters. The van der Waals surface area contributed by atoms with Gasteiger partial charge in [0.1, 0.15) is 0 Å². The number of carbonyl (C=O) groups is 2. The highest BCUT2D eigenvalue weighted by Crippen LogP contribution is 2.24. The van der Waals surface area contributed by atoms with E-state index in [4.69, 9.17) is 4.74 Å². The van der Waals surface area contributed by atoms with Gasteiger partial charge in [-0.25, -0.2) is 9.59 Å². The van der Waals surface area contributed by atoms with Gasteiger partial charge >= 0.3 is 11.9 Å². The quantitative estimate of drug-likeness (QED) is 0.238. The Labute approximate surface area is 177 Å². The Balaban J connectivity index is 2.82. The third-order valence-corrected chi connectivity index (χ3v) is 5.46. The van der Waals surface area contributed by atoms with Gasteiger partial charge in [0, 0.05) is 0 Å². The minimum atomic E-state index is -1.03. The maximum atomic E-state index is 12.8. The molecule has 1 aromatic carbocycles. The lowest BCUT2D eigenvalue weighted by atomic mass is 9.91. The van der Waals surface area contributed by atoms with Crippen molar-refractivity contribution in [3.63, 3.8) is 0 Å². The highest BCUT2D eigenvalue weighted by Gasteiger charge is 2.24. The van der Waals surface area contributed by atoms with Crippen molar-refractivity contribution in [2.24, 2.45) is 0 Å². The summed E-state index contributed by atoms with van der Waals surface area (Å²) in [6.45, 7) is 6.65. The van der Waals surface area contributed by atoms with E-state index < -0.39 is 11.9 Å². The van der Waals surface area contributed by atoms with Crippen molar-refractivity contribution in [1.82, 2.24) is 0 Å². The van der Waals surface area contributed by atoms with E-state index in [0.717, 1.165) is 43.2 Å². The summed E-state index contributed by atoms with van der Waals surface area (Å²) < 4.78 is 5.46. The van der Waals surface area contributed by atoms with Crippen LogP contribution in [-0.2, 0) is 17.6 Å². The number of benzene rings is 1. The van der Waals surface area contributed by atoms with Crippen LogP contribution < -0.4 is 0 Å². The molecule has 0 radical (unpaired) electrons.